The Kier molecular flexibility index (Phi) is 8.92. The Labute approximate surface area is 205 Å². The summed E-state index contributed by atoms with van der Waals surface area (Å²) in [6.45, 7) is 4.54. The highest BCUT2D eigenvalue weighted by Crippen LogP contribution is 2.32. The molecule has 2 heterocycles. The molecular formula is C25H33ClN2O6. The minimum Gasteiger partial charge on any atom is -0.388 e. The molecule has 2 aromatic carbocycles. The van der Waals surface area contributed by atoms with E-state index in [1.165, 1.54) is 7.11 Å². The lowest BCUT2D eigenvalue weighted by Gasteiger charge is -2.45. The molecule has 9 heteroatoms. The van der Waals surface area contributed by atoms with E-state index in [-0.39, 0.29) is 6.04 Å². The molecule has 8 nitrogen and oxygen atoms in total. The number of rotatable bonds is 8. The molecule has 2 aliphatic heterocycles. The van der Waals surface area contributed by atoms with Crippen molar-refractivity contribution in [3.05, 3.63) is 70.2 Å². The molecule has 0 spiro atoms. The molecule has 186 valence electrons. The van der Waals surface area contributed by atoms with Crippen molar-refractivity contribution in [2.75, 3.05) is 26.7 Å². The number of hydroxylamine groups is 2. The van der Waals surface area contributed by atoms with Crippen molar-refractivity contribution in [3.8, 4) is 0 Å². The number of nitrogens with zero attached hydrogens (tertiary/aromatic N) is 1. The number of aliphatic hydroxyl groups is 2. The Morgan fingerprint density at radius 1 is 1.12 bits per heavy atom. The van der Waals surface area contributed by atoms with E-state index in [0.717, 1.165) is 23.2 Å². The summed E-state index contributed by atoms with van der Waals surface area (Å²) < 4.78 is 16.8. The highest BCUT2D eigenvalue weighted by molar-refractivity contribution is 6.30. The van der Waals surface area contributed by atoms with Gasteiger partial charge >= 0.3 is 0 Å². The van der Waals surface area contributed by atoms with Crippen LogP contribution >= 0.6 is 11.6 Å². The molecule has 6 atom stereocenters. The van der Waals surface area contributed by atoms with Gasteiger partial charge in [0.2, 0.25) is 0 Å². The Hall–Kier alpha value is -1.59. The van der Waals surface area contributed by atoms with Crippen LogP contribution in [0.3, 0.4) is 0 Å². The lowest BCUT2D eigenvalue weighted by molar-refractivity contribution is -0.343. The highest BCUT2D eigenvalue weighted by Gasteiger charge is 2.46. The molecule has 2 unspecified atom stereocenters. The zero-order chi connectivity index (χ0) is 24.1. The van der Waals surface area contributed by atoms with Gasteiger partial charge in [0.05, 0.1) is 25.4 Å². The number of piperazine rings is 1. The maximum Gasteiger partial charge on any atom is 0.184 e. The van der Waals surface area contributed by atoms with E-state index in [1.807, 2.05) is 53.6 Å². The van der Waals surface area contributed by atoms with Gasteiger partial charge in [-0.1, -0.05) is 48.0 Å². The Morgan fingerprint density at radius 3 is 2.68 bits per heavy atom. The fourth-order valence-corrected chi connectivity index (χ4v) is 4.68. The lowest BCUT2D eigenvalue weighted by atomic mass is 9.98. The van der Waals surface area contributed by atoms with E-state index >= 15 is 0 Å². The monoisotopic (exact) mass is 492 g/mol. The molecule has 0 bridgehead atoms. The van der Waals surface area contributed by atoms with Gasteiger partial charge in [0.1, 0.15) is 18.3 Å². The number of hydrogen-bond acceptors (Lipinski definition) is 8. The van der Waals surface area contributed by atoms with Gasteiger partial charge in [-0.05, 0) is 35.7 Å². The molecule has 3 N–H and O–H groups in total. The average Bonchev–Trinajstić information content (AvgIpc) is 2.84. The van der Waals surface area contributed by atoms with Crippen LogP contribution in [-0.2, 0) is 32.3 Å². The third kappa shape index (κ3) is 5.96. The normalized spacial score (nSPS) is 30.4. The molecule has 0 amide bonds. The summed E-state index contributed by atoms with van der Waals surface area (Å²) in [6, 6.07) is 15.6. The van der Waals surface area contributed by atoms with E-state index in [4.69, 9.17) is 30.6 Å². The minimum atomic E-state index is -1.19. The zero-order valence-corrected chi connectivity index (χ0v) is 20.2. The van der Waals surface area contributed by atoms with Crippen molar-refractivity contribution >= 4 is 11.6 Å². The molecule has 2 aromatic rings. The number of methoxy groups -OCH3 is 1. The maximum absolute atomic E-state index is 10.7. The van der Waals surface area contributed by atoms with E-state index < -0.39 is 30.7 Å². The van der Waals surface area contributed by atoms with Crippen molar-refractivity contribution in [2.45, 2.75) is 56.9 Å². The van der Waals surface area contributed by atoms with Crippen molar-refractivity contribution in [3.63, 3.8) is 0 Å². The van der Waals surface area contributed by atoms with Gasteiger partial charge in [-0.25, -0.2) is 0 Å². The molecule has 0 radical (unpaired) electrons. The number of benzene rings is 2. The molecule has 0 saturated carbocycles. The van der Waals surface area contributed by atoms with Gasteiger partial charge < -0.3 is 29.7 Å². The van der Waals surface area contributed by atoms with Crippen LogP contribution < -0.4 is 5.32 Å². The van der Waals surface area contributed by atoms with E-state index in [9.17, 15) is 10.2 Å². The SMILES string of the molecule is CO[C@H]1C(O)O[C@H](C)[C@H](O)[C@@H]1ON1CCNCC1c1ccc(Cl)cc1COCc1ccccc1. The van der Waals surface area contributed by atoms with E-state index in [1.54, 1.807) is 6.92 Å². The Morgan fingerprint density at radius 2 is 1.91 bits per heavy atom. The van der Waals surface area contributed by atoms with Crippen molar-refractivity contribution in [1.29, 1.82) is 0 Å². The highest BCUT2D eigenvalue weighted by atomic mass is 35.5. The lowest BCUT2D eigenvalue weighted by Crippen LogP contribution is -2.61. The van der Waals surface area contributed by atoms with Gasteiger partial charge in [0, 0.05) is 31.8 Å². The van der Waals surface area contributed by atoms with Crippen LogP contribution in [0.1, 0.15) is 29.7 Å². The Balaban J connectivity index is 1.52. The number of hydrogen-bond donors (Lipinski definition) is 3. The smallest absolute Gasteiger partial charge is 0.184 e. The van der Waals surface area contributed by atoms with E-state index in [0.29, 0.717) is 31.3 Å². The third-order valence-electron chi connectivity index (χ3n) is 6.33. The van der Waals surface area contributed by atoms with Crippen molar-refractivity contribution in [1.82, 2.24) is 10.4 Å². The number of halogens is 1. The molecule has 4 rings (SSSR count). The predicted molar refractivity (Wildman–Crippen MR) is 127 cm³/mol. The summed E-state index contributed by atoms with van der Waals surface area (Å²) in [7, 11) is 1.47. The quantitative estimate of drug-likeness (QED) is 0.517. The second-order valence-corrected chi connectivity index (χ2v) is 9.11. The van der Waals surface area contributed by atoms with Gasteiger partial charge in [-0.15, -0.1) is 0 Å². The number of ether oxygens (including phenoxy) is 3. The standard InChI is InChI=1S/C25H33ClN2O6/c1-16-22(29)23(24(31-2)25(30)33-16)34-28-11-10-27-13-21(28)20-9-8-19(26)12-18(20)15-32-14-17-6-4-3-5-7-17/h3-9,12,16,21-25,27,29-30H,10-11,13-15H2,1-2H3/t16-,21?,22+,23+,24-,25?/m1/s1. The summed E-state index contributed by atoms with van der Waals surface area (Å²) in [5, 5.41) is 26.9. The minimum absolute atomic E-state index is 0.152. The third-order valence-corrected chi connectivity index (χ3v) is 6.57. The average molecular weight is 493 g/mol. The van der Waals surface area contributed by atoms with Crippen molar-refractivity contribution in [2.24, 2.45) is 0 Å². The van der Waals surface area contributed by atoms with Crippen LogP contribution in [0.5, 0.6) is 0 Å². The summed E-state index contributed by atoms with van der Waals surface area (Å²) in [5.74, 6) is 0. The van der Waals surface area contributed by atoms with Gasteiger partial charge in [-0.2, -0.15) is 5.06 Å². The summed E-state index contributed by atoms with van der Waals surface area (Å²) in [4.78, 5) is 6.32. The van der Waals surface area contributed by atoms with Crippen LogP contribution in [0.4, 0.5) is 0 Å². The summed E-state index contributed by atoms with van der Waals surface area (Å²) in [6.07, 6.45) is -4.34. The summed E-state index contributed by atoms with van der Waals surface area (Å²) in [5.41, 5.74) is 3.09. The predicted octanol–water partition coefficient (Wildman–Crippen LogP) is 2.42. The molecule has 2 aliphatic rings. The fourth-order valence-electron chi connectivity index (χ4n) is 4.49. The molecule has 0 aromatic heterocycles. The van der Waals surface area contributed by atoms with Gasteiger partial charge in [0.15, 0.2) is 6.29 Å². The van der Waals surface area contributed by atoms with Gasteiger partial charge in [-0.3, -0.25) is 4.84 Å². The molecule has 2 saturated heterocycles. The zero-order valence-electron chi connectivity index (χ0n) is 19.5. The van der Waals surface area contributed by atoms with Crippen LogP contribution in [0.25, 0.3) is 0 Å². The first kappa shape index (κ1) is 25.5. The summed E-state index contributed by atoms with van der Waals surface area (Å²) >= 11 is 6.33. The number of aliphatic hydroxyl groups excluding tert-OH is 2. The van der Waals surface area contributed by atoms with Crippen LogP contribution in [-0.4, -0.2) is 72.7 Å². The Bertz CT molecular complexity index is 920. The topological polar surface area (TPSA) is 92.7 Å². The molecule has 0 aliphatic carbocycles. The van der Waals surface area contributed by atoms with Crippen LogP contribution in [0.15, 0.2) is 48.5 Å². The first-order valence-electron chi connectivity index (χ1n) is 11.6. The van der Waals surface area contributed by atoms with E-state index in [2.05, 4.69) is 5.32 Å². The van der Waals surface area contributed by atoms with Crippen molar-refractivity contribution < 1.29 is 29.3 Å². The first-order chi connectivity index (χ1) is 16.5. The fraction of sp³-hybridized carbons (Fsp3) is 0.520. The molecule has 2 fully saturated rings. The maximum atomic E-state index is 10.7. The number of nitrogens with one attached hydrogen (secondary N) is 1. The second kappa shape index (κ2) is 11.9. The van der Waals surface area contributed by atoms with Crippen LogP contribution in [0.2, 0.25) is 5.02 Å². The first-order valence-corrected chi connectivity index (χ1v) is 11.9. The van der Waals surface area contributed by atoms with Gasteiger partial charge in [0.25, 0.3) is 0 Å². The molecular weight excluding hydrogens is 460 g/mol. The molecule has 34 heavy (non-hydrogen) atoms. The second-order valence-electron chi connectivity index (χ2n) is 8.67. The van der Waals surface area contributed by atoms with Crippen LogP contribution in [0, 0.1) is 0 Å². The largest absolute Gasteiger partial charge is 0.388 e.